The maximum absolute atomic E-state index is 4.62. The highest BCUT2D eigenvalue weighted by atomic mass is 15.3. The number of nitrogens with one attached hydrogen (secondary N) is 2. The molecule has 0 aromatic carbocycles. The van der Waals surface area contributed by atoms with E-state index in [1.165, 1.54) is 0 Å². The Bertz CT molecular complexity index is 517. The quantitative estimate of drug-likeness (QED) is 0.450. The van der Waals surface area contributed by atoms with E-state index in [2.05, 4.69) is 63.0 Å². The second-order valence-corrected chi connectivity index (χ2v) is 5.81. The predicted molar refractivity (Wildman–Crippen MR) is 102 cm³/mol. The number of hydrogen-bond acceptors (Lipinski definition) is 4. The molecular weight excluding hydrogens is 300 g/mol. The topological polar surface area (TPSA) is 55.8 Å². The zero-order valence-corrected chi connectivity index (χ0v) is 15.0. The first-order valence-electron chi connectivity index (χ1n) is 8.82. The number of piperazine rings is 1. The molecule has 0 spiro atoms. The van der Waals surface area contributed by atoms with E-state index in [0.717, 1.165) is 56.6 Å². The molecule has 1 fully saturated rings. The molecule has 1 aromatic rings. The molecule has 2 N–H and O–H groups in total. The number of anilines is 1. The van der Waals surface area contributed by atoms with Crippen LogP contribution in [0.2, 0.25) is 0 Å². The van der Waals surface area contributed by atoms with Crippen molar-refractivity contribution in [3.63, 3.8) is 0 Å². The maximum Gasteiger partial charge on any atom is 0.191 e. The molecule has 6 heteroatoms. The fourth-order valence-corrected chi connectivity index (χ4v) is 2.67. The van der Waals surface area contributed by atoms with E-state index in [4.69, 9.17) is 0 Å². The van der Waals surface area contributed by atoms with Crippen LogP contribution >= 0.6 is 0 Å². The van der Waals surface area contributed by atoms with Gasteiger partial charge in [-0.25, -0.2) is 9.98 Å². The van der Waals surface area contributed by atoms with Crippen molar-refractivity contribution < 1.29 is 0 Å². The third-order valence-electron chi connectivity index (χ3n) is 4.13. The zero-order chi connectivity index (χ0) is 17.2. The molecule has 0 amide bonds. The van der Waals surface area contributed by atoms with Crippen LogP contribution < -0.4 is 15.5 Å². The SMILES string of the molecule is C=CCNC(=NCc1ccc(N2CCN(CC)CC2)nc1)NCC. The molecule has 0 bridgehead atoms. The number of aromatic nitrogens is 1. The van der Waals surface area contributed by atoms with E-state index < -0.39 is 0 Å². The zero-order valence-electron chi connectivity index (χ0n) is 15.0. The fraction of sp³-hybridized carbons (Fsp3) is 0.556. The van der Waals surface area contributed by atoms with Gasteiger partial charge in [0.1, 0.15) is 5.82 Å². The summed E-state index contributed by atoms with van der Waals surface area (Å²) in [7, 11) is 0. The largest absolute Gasteiger partial charge is 0.357 e. The Balaban J connectivity index is 1.90. The van der Waals surface area contributed by atoms with Crippen LogP contribution in [0.25, 0.3) is 0 Å². The lowest BCUT2D eigenvalue weighted by atomic mass is 10.2. The van der Waals surface area contributed by atoms with Gasteiger partial charge in [0.25, 0.3) is 0 Å². The van der Waals surface area contributed by atoms with E-state index >= 15 is 0 Å². The van der Waals surface area contributed by atoms with Crippen LogP contribution in [0.4, 0.5) is 5.82 Å². The minimum atomic E-state index is 0.614. The summed E-state index contributed by atoms with van der Waals surface area (Å²) in [5, 5.41) is 6.42. The van der Waals surface area contributed by atoms with E-state index in [0.29, 0.717) is 13.1 Å². The maximum atomic E-state index is 4.62. The minimum Gasteiger partial charge on any atom is -0.357 e. The van der Waals surface area contributed by atoms with Gasteiger partial charge in [-0.15, -0.1) is 6.58 Å². The number of nitrogens with zero attached hydrogens (tertiary/aromatic N) is 4. The predicted octanol–water partition coefficient (Wildman–Crippen LogP) is 1.46. The summed E-state index contributed by atoms with van der Waals surface area (Å²) < 4.78 is 0. The third kappa shape index (κ3) is 5.53. The van der Waals surface area contributed by atoms with Gasteiger partial charge >= 0.3 is 0 Å². The minimum absolute atomic E-state index is 0.614. The molecule has 1 saturated heterocycles. The normalized spacial score (nSPS) is 16.1. The summed E-state index contributed by atoms with van der Waals surface area (Å²) in [4.78, 5) is 14.0. The van der Waals surface area contributed by atoms with Gasteiger partial charge in [-0.2, -0.15) is 0 Å². The third-order valence-corrected chi connectivity index (χ3v) is 4.13. The summed E-state index contributed by atoms with van der Waals surface area (Å²) in [6, 6.07) is 4.23. The molecule has 0 radical (unpaired) electrons. The Labute approximate surface area is 145 Å². The molecule has 2 heterocycles. The van der Waals surface area contributed by atoms with Crippen LogP contribution in [0, 0.1) is 0 Å². The summed E-state index contributed by atoms with van der Waals surface area (Å²) in [6.07, 6.45) is 3.75. The summed E-state index contributed by atoms with van der Waals surface area (Å²) in [5.41, 5.74) is 1.11. The molecule has 0 saturated carbocycles. The van der Waals surface area contributed by atoms with Gasteiger partial charge in [0.05, 0.1) is 6.54 Å². The average molecular weight is 330 g/mol. The Kier molecular flexibility index (Phi) is 7.55. The van der Waals surface area contributed by atoms with Crippen molar-refractivity contribution in [2.75, 3.05) is 50.7 Å². The molecule has 1 aliphatic rings. The van der Waals surface area contributed by atoms with Crippen molar-refractivity contribution in [2.24, 2.45) is 4.99 Å². The summed E-state index contributed by atoms with van der Waals surface area (Å²) in [6.45, 7) is 15.6. The van der Waals surface area contributed by atoms with Crippen LogP contribution in [-0.2, 0) is 6.54 Å². The number of rotatable bonds is 7. The van der Waals surface area contributed by atoms with Crippen LogP contribution in [-0.4, -0.2) is 61.7 Å². The van der Waals surface area contributed by atoms with Gasteiger partial charge in [0.15, 0.2) is 5.96 Å². The second-order valence-electron chi connectivity index (χ2n) is 5.81. The van der Waals surface area contributed by atoms with E-state index in [1.807, 2.05) is 12.3 Å². The lowest BCUT2D eigenvalue weighted by molar-refractivity contribution is 0.270. The molecule has 0 unspecified atom stereocenters. The number of hydrogen-bond donors (Lipinski definition) is 2. The highest BCUT2D eigenvalue weighted by Crippen LogP contribution is 2.14. The van der Waals surface area contributed by atoms with Crippen LogP contribution in [0.15, 0.2) is 36.0 Å². The first-order valence-corrected chi connectivity index (χ1v) is 8.82. The first kappa shape index (κ1) is 18.3. The van der Waals surface area contributed by atoms with Gasteiger partial charge in [0.2, 0.25) is 0 Å². The number of aliphatic imine (C=N–C) groups is 1. The Hall–Kier alpha value is -2.08. The van der Waals surface area contributed by atoms with E-state index in [9.17, 15) is 0 Å². The number of guanidine groups is 1. The standard InChI is InChI=1S/C18H30N6/c1-4-9-20-18(19-5-2)22-15-16-7-8-17(21-14-16)24-12-10-23(6-3)11-13-24/h4,7-8,14H,1,5-6,9-13,15H2,2-3H3,(H2,19,20,22). The second kappa shape index (κ2) is 9.93. The number of likely N-dealkylation sites (N-methyl/N-ethyl adjacent to an activating group) is 1. The van der Waals surface area contributed by atoms with Gasteiger partial charge in [0, 0.05) is 45.5 Å². The van der Waals surface area contributed by atoms with Gasteiger partial charge in [-0.05, 0) is 25.1 Å². The van der Waals surface area contributed by atoms with Crippen molar-refractivity contribution in [1.29, 1.82) is 0 Å². The molecule has 6 nitrogen and oxygen atoms in total. The molecule has 132 valence electrons. The lowest BCUT2D eigenvalue weighted by Gasteiger charge is -2.34. The lowest BCUT2D eigenvalue weighted by Crippen LogP contribution is -2.46. The molecule has 1 aromatic heterocycles. The molecule has 24 heavy (non-hydrogen) atoms. The Morgan fingerprint density at radius 3 is 2.62 bits per heavy atom. The summed E-state index contributed by atoms with van der Waals surface area (Å²) in [5.74, 6) is 1.87. The van der Waals surface area contributed by atoms with Crippen LogP contribution in [0.1, 0.15) is 19.4 Å². The van der Waals surface area contributed by atoms with Crippen LogP contribution in [0.3, 0.4) is 0 Å². The Morgan fingerprint density at radius 1 is 1.25 bits per heavy atom. The average Bonchev–Trinajstić information content (AvgIpc) is 2.64. The first-order chi connectivity index (χ1) is 11.8. The highest BCUT2D eigenvalue weighted by Gasteiger charge is 2.16. The molecule has 0 aliphatic carbocycles. The van der Waals surface area contributed by atoms with Crippen LogP contribution in [0.5, 0.6) is 0 Å². The van der Waals surface area contributed by atoms with E-state index in [1.54, 1.807) is 0 Å². The Morgan fingerprint density at radius 2 is 2.04 bits per heavy atom. The van der Waals surface area contributed by atoms with Crippen molar-refractivity contribution in [3.8, 4) is 0 Å². The monoisotopic (exact) mass is 330 g/mol. The van der Waals surface area contributed by atoms with Gasteiger partial charge < -0.3 is 20.4 Å². The van der Waals surface area contributed by atoms with Gasteiger partial charge in [-0.1, -0.05) is 19.1 Å². The fourth-order valence-electron chi connectivity index (χ4n) is 2.67. The molecule has 2 rings (SSSR count). The molecule has 1 aliphatic heterocycles. The van der Waals surface area contributed by atoms with Crippen molar-refractivity contribution in [1.82, 2.24) is 20.5 Å². The highest BCUT2D eigenvalue weighted by molar-refractivity contribution is 5.79. The molecular formula is C18H30N6. The van der Waals surface area contributed by atoms with Crippen molar-refractivity contribution in [2.45, 2.75) is 20.4 Å². The van der Waals surface area contributed by atoms with Crippen molar-refractivity contribution in [3.05, 3.63) is 36.5 Å². The van der Waals surface area contributed by atoms with Crippen molar-refractivity contribution >= 4 is 11.8 Å². The van der Waals surface area contributed by atoms with E-state index in [-0.39, 0.29) is 0 Å². The molecule has 0 atom stereocenters. The smallest absolute Gasteiger partial charge is 0.191 e. The van der Waals surface area contributed by atoms with Gasteiger partial charge in [-0.3, -0.25) is 0 Å². The number of pyridine rings is 1. The summed E-state index contributed by atoms with van der Waals surface area (Å²) >= 11 is 0.